The molecule has 0 bridgehead atoms. The molecule has 92 valence electrons. The number of hydrogen-bond donors (Lipinski definition) is 0. The second kappa shape index (κ2) is 4.51. The Morgan fingerprint density at radius 3 is 2.28 bits per heavy atom. The lowest BCUT2D eigenvalue weighted by molar-refractivity contribution is 0.573. The van der Waals surface area contributed by atoms with E-state index in [-0.39, 0.29) is 5.56 Å². The van der Waals surface area contributed by atoms with Crippen LogP contribution in [-0.4, -0.2) is 0 Å². The first-order valence-corrected chi connectivity index (χ1v) is 6.33. The topological polar surface area (TPSA) is 23.8 Å². The van der Waals surface area contributed by atoms with Gasteiger partial charge in [0.15, 0.2) is 0 Å². The molecule has 2 aromatic rings. The molecule has 0 aliphatic rings. The van der Waals surface area contributed by atoms with Crippen molar-refractivity contribution in [2.75, 3.05) is 0 Å². The fourth-order valence-electron chi connectivity index (χ4n) is 1.68. The number of nitriles is 1. The summed E-state index contributed by atoms with van der Waals surface area (Å²) in [5.74, 6) is -1.27. The maximum Gasteiger partial charge on any atom is 0.134 e. The van der Waals surface area contributed by atoms with E-state index >= 15 is 0 Å². The highest BCUT2D eigenvalue weighted by Crippen LogP contribution is 2.32. The van der Waals surface area contributed by atoms with Crippen molar-refractivity contribution in [3.8, 4) is 17.2 Å². The largest absolute Gasteiger partial charge is 0.206 e. The van der Waals surface area contributed by atoms with E-state index in [0.29, 0.717) is 11.1 Å². The Hall–Kier alpha value is -1.73. The predicted octanol–water partition coefficient (Wildman–Crippen LogP) is 4.49. The lowest BCUT2D eigenvalue weighted by Gasteiger charge is -2.17. The van der Waals surface area contributed by atoms with E-state index in [1.54, 1.807) is 30.7 Å². The van der Waals surface area contributed by atoms with Crippen LogP contribution in [0, 0.1) is 23.0 Å². The average molecular weight is 263 g/mol. The minimum absolute atomic E-state index is 0.0336. The minimum atomic E-state index is -0.908. The van der Waals surface area contributed by atoms with Crippen molar-refractivity contribution in [3.05, 3.63) is 46.2 Å². The van der Waals surface area contributed by atoms with Gasteiger partial charge in [0.2, 0.25) is 0 Å². The highest BCUT2D eigenvalue weighted by molar-refractivity contribution is 7.08. The van der Waals surface area contributed by atoms with Gasteiger partial charge in [0, 0.05) is 0 Å². The van der Waals surface area contributed by atoms with E-state index in [1.165, 1.54) is 23.5 Å². The zero-order valence-electron chi connectivity index (χ0n) is 10.00. The zero-order valence-corrected chi connectivity index (χ0v) is 10.8. The van der Waals surface area contributed by atoms with Gasteiger partial charge in [-0.05, 0) is 53.9 Å². The standard InChI is InChI=1S/C14H11F2NS/c1-14(2,8-17)10-5-11(15)13(12(16)6-10)9-3-4-18-7-9/h3-7H,1-2H3. The van der Waals surface area contributed by atoms with Gasteiger partial charge in [-0.15, -0.1) is 0 Å². The Kier molecular flexibility index (Phi) is 3.18. The maximum atomic E-state index is 14.0. The predicted molar refractivity (Wildman–Crippen MR) is 68.3 cm³/mol. The summed E-state index contributed by atoms with van der Waals surface area (Å²) in [5, 5.41) is 12.4. The average Bonchev–Trinajstić information content (AvgIpc) is 2.81. The third kappa shape index (κ3) is 2.14. The molecule has 0 aliphatic heterocycles. The van der Waals surface area contributed by atoms with Crippen LogP contribution in [0.3, 0.4) is 0 Å². The van der Waals surface area contributed by atoms with Gasteiger partial charge in [0.1, 0.15) is 11.6 Å². The lowest BCUT2D eigenvalue weighted by Crippen LogP contribution is -2.15. The van der Waals surface area contributed by atoms with Crippen molar-refractivity contribution < 1.29 is 8.78 Å². The van der Waals surface area contributed by atoms with Gasteiger partial charge < -0.3 is 0 Å². The molecule has 0 amide bonds. The van der Waals surface area contributed by atoms with Crippen LogP contribution in [0.5, 0.6) is 0 Å². The SMILES string of the molecule is CC(C)(C#N)c1cc(F)c(-c2ccsc2)c(F)c1. The summed E-state index contributed by atoms with van der Waals surface area (Å²) in [7, 11) is 0. The first kappa shape index (κ1) is 12.7. The number of hydrogen-bond acceptors (Lipinski definition) is 2. The van der Waals surface area contributed by atoms with Gasteiger partial charge >= 0.3 is 0 Å². The Labute approximate surface area is 108 Å². The summed E-state index contributed by atoms with van der Waals surface area (Å²) < 4.78 is 28.0. The Balaban J connectivity index is 2.60. The Morgan fingerprint density at radius 2 is 1.83 bits per heavy atom. The lowest BCUT2D eigenvalue weighted by atomic mass is 9.85. The van der Waals surface area contributed by atoms with Crippen molar-refractivity contribution >= 4 is 11.3 Å². The van der Waals surface area contributed by atoms with Gasteiger partial charge in [-0.1, -0.05) is 0 Å². The van der Waals surface area contributed by atoms with Gasteiger partial charge in [-0.2, -0.15) is 16.6 Å². The summed E-state index contributed by atoms with van der Waals surface area (Å²) >= 11 is 1.38. The first-order valence-electron chi connectivity index (χ1n) is 5.39. The van der Waals surface area contributed by atoms with E-state index in [2.05, 4.69) is 0 Å². The van der Waals surface area contributed by atoms with E-state index in [9.17, 15) is 8.78 Å². The number of benzene rings is 1. The molecule has 0 saturated heterocycles. The van der Waals surface area contributed by atoms with Gasteiger partial charge in [-0.25, -0.2) is 8.78 Å². The molecule has 18 heavy (non-hydrogen) atoms. The van der Waals surface area contributed by atoms with Crippen molar-refractivity contribution in [1.29, 1.82) is 5.26 Å². The van der Waals surface area contributed by atoms with Gasteiger partial charge in [0.05, 0.1) is 17.0 Å². The molecular formula is C14H11F2NS. The highest BCUT2D eigenvalue weighted by Gasteiger charge is 2.24. The van der Waals surface area contributed by atoms with Crippen LogP contribution in [0.4, 0.5) is 8.78 Å². The van der Waals surface area contributed by atoms with Crippen LogP contribution in [0.2, 0.25) is 0 Å². The summed E-state index contributed by atoms with van der Waals surface area (Å²) in [6.45, 7) is 3.26. The molecule has 0 aliphatic carbocycles. The smallest absolute Gasteiger partial charge is 0.134 e. The fourth-order valence-corrected chi connectivity index (χ4v) is 2.33. The molecule has 0 unspecified atom stereocenters. The Bertz CT molecular complexity index is 586. The third-order valence-electron chi connectivity index (χ3n) is 2.85. The summed E-state index contributed by atoms with van der Waals surface area (Å²) in [4.78, 5) is 0. The van der Waals surface area contributed by atoms with E-state index in [0.717, 1.165) is 0 Å². The molecule has 1 aromatic heterocycles. The quantitative estimate of drug-likeness (QED) is 0.783. The first-order chi connectivity index (χ1) is 8.45. The molecular weight excluding hydrogens is 252 g/mol. The minimum Gasteiger partial charge on any atom is -0.206 e. The molecule has 0 fully saturated rings. The van der Waals surface area contributed by atoms with Crippen LogP contribution >= 0.6 is 11.3 Å². The molecule has 0 spiro atoms. The number of nitrogens with zero attached hydrogens (tertiary/aromatic N) is 1. The van der Waals surface area contributed by atoms with Crippen molar-refractivity contribution in [1.82, 2.24) is 0 Å². The molecule has 0 radical (unpaired) electrons. The van der Waals surface area contributed by atoms with E-state index in [4.69, 9.17) is 5.26 Å². The second-order valence-corrected chi connectivity index (χ2v) is 5.34. The second-order valence-electron chi connectivity index (χ2n) is 4.56. The van der Waals surface area contributed by atoms with Gasteiger partial charge in [0.25, 0.3) is 0 Å². The van der Waals surface area contributed by atoms with Crippen LogP contribution in [0.15, 0.2) is 29.0 Å². The monoisotopic (exact) mass is 263 g/mol. The highest BCUT2D eigenvalue weighted by atomic mass is 32.1. The molecule has 0 N–H and O–H groups in total. The van der Waals surface area contributed by atoms with Crippen LogP contribution in [0.1, 0.15) is 19.4 Å². The molecule has 1 aromatic carbocycles. The van der Waals surface area contributed by atoms with Gasteiger partial charge in [-0.3, -0.25) is 0 Å². The molecule has 1 nitrogen and oxygen atoms in total. The van der Waals surface area contributed by atoms with Crippen molar-refractivity contribution in [2.24, 2.45) is 0 Å². The Morgan fingerprint density at radius 1 is 1.22 bits per heavy atom. The van der Waals surface area contributed by atoms with Crippen molar-refractivity contribution in [3.63, 3.8) is 0 Å². The van der Waals surface area contributed by atoms with Crippen LogP contribution in [-0.2, 0) is 5.41 Å². The normalized spacial score (nSPS) is 11.3. The van der Waals surface area contributed by atoms with Crippen LogP contribution in [0.25, 0.3) is 11.1 Å². The van der Waals surface area contributed by atoms with E-state index < -0.39 is 17.0 Å². The summed E-state index contributed by atoms with van der Waals surface area (Å²) in [6, 6.07) is 6.17. The molecule has 4 heteroatoms. The summed E-state index contributed by atoms with van der Waals surface area (Å²) in [6.07, 6.45) is 0. The maximum absolute atomic E-state index is 14.0. The van der Waals surface area contributed by atoms with Crippen LogP contribution < -0.4 is 0 Å². The molecule has 1 heterocycles. The number of thiophene rings is 1. The number of halogens is 2. The molecule has 0 atom stereocenters. The third-order valence-corrected chi connectivity index (χ3v) is 3.54. The van der Waals surface area contributed by atoms with E-state index in [1.807, 2.05) is 6.07 Å². The molecule has 0 saturated carbocycles. The van der Waals surface area contributed by atoms with Crippen molar-refractivity contribution in [2.45, 2.75) is 19.3 Å². The molecule has 2 rings (SSSR count). The fraction of sp³-hybridized carbons (Fsp3) is 0.214. The summed E-state index contributed by atoms with van der Waals surface area (Å²) in [5.41, 5.74) is -0.0708. The number of rotatable bonds is 2. The zero-order chi connectivity index (χ0) is 13.3.